The van der Waals surface area contributed by atoms with Gasteiger partial charge >= 0.3 is 11.7 Å². The molecule has 3 unspecified atom stereocenters. The van der Waals surface area contributed by atoms with Crippen molar-refractivity contribution in [3.8, 4) is 0 Å². The van der Waals surface area contributed by atoms with Crippen LogP contribution in [-0.2, 0) is 34.0 Å². The van der Waals surface area contributed by atoms with E-state index in [0.717, 1.165) is 21.1 Å². The fraction of sp³-hybridized carbons (Fsp3) is 0.269. The van der Waals surface area contributed by atoms with Gasteiger partial charge in [-0.2, -0.15) is 0 Å². The summed E-state index contributed by atoms with van der Waals surface area (Å²) < 4.78 is 7.64. The lowest BCUT2D eigenvalue weighted by molar-refractivity contribution is -0.150. The monoisotopic (exact) mass is 582 g/mol. The van der Waals surface area contributed by atoms with Gasteiger partial charge in [0.25, 0.3) is 11.5 Å². The van der Waals surface area contributed by atoms with Crippen LogP contribution < -0.4 is 21.5 Å². The molecule has 0 spiro atoms. The molecular formula is C26H23BrN4O7. The van der Waals surface area contributed by atoms with Crippen LogP contribution in [0.15, 0.2) is 62.6 Å². The molecule has 38 heavy (non-hydrogen) atoms. The molecule has 1 fully saturated rings. The summed E-state index contributed by atoms with van der Waals surface area (Å²) >= 11 is 3.31. The molecule has 2 N–H and O–H groups in total. The lowest BCUT2D eigenvalue weighted by Crippen LogP contribution is -2.64. The van der Waals surface area contributed by atoms with Crippen molar-refractivity contribution in [3.05, 3.63) is 90.5 Å². The van der Waals surface area contributed by atoms with Gasteiger partial charge in [0.15, 0.2) is 11.3 Å². The van der Waals surface area contributed by atoms with Crippen LogP contribution in [0.25, 0.3) is 0 Å². The average molecular weight is 583 g/mol. The standard InChI is InChI=1S/C26H23BrN4O7/c1-13-7-5-6-8-16(13)31-22(34)26(37)19(18(32)14-9-11-15(27)12-10-14)25(31,23(35)38-4)17-20(28-26)29(2)24(36)30(3)21(17)33/h5-12,19,28,37H,1-4H3. The Balaban J connectivity index is 1.99. The number of hydrogen-bond acceptors (Lipinski definition) is 8. The predicted octanol–water partition coefficient (Wildman–Crippen LogP) is 1.18. The Morgan fingerprint density at radius 1 is 1.03 bits per heavy atom. The summed E-state index contributed by atoms with van der Waals surface area (Å²) in [5, 5.41) is 14.6. The molecule has 2 bridgehead atoms. The number of Topliss-reactive ketones (excluding diaryl/α,β-unsaturated/α-hetero) is 1. The number of ketones is 1. The molecule has 196 valence electrons. The molecule has 5 rings (SSSR count). The maximum atomic E-state index is 14.2. The molecule has 1 amide bonds. The number of nitrogens with zero attached hydrogens (tertiary/aromatic N) is 3. The number of rotatable bonds is 4. The molecule has 0 radical (unpaired) electrons. The number of methoxy groups -OCH3 is 1. The zero-order chi connectivity index (χ0) is 27.7. The number of benzene rings is 2. The van der Waals surface area contributed by atoms with Crippen LogP contribution in [0.2, 0.25) is 0 Å². The number of fused-ring (bicyclic) bond motifs is 4. The number of para-hydroxylation sites is 1. The zero-order valence-corrected chi connectivity index (χ0v) is 22.4. The van der Waals surface area contributed by atoms with E-state index >= 15 is 0 Å². The Morgan fingerprint density at radius 2 is 1.66 bits per heavy atom. The van der Waals surface area contributed by atoms with Crippen molar-refractivity contribution in [2.75, 3.05) is 17.3 Å². The van der Waals surface area contributed by atoms with E-state index < -0.39 is 46.1 Å². The van der Waals surface area contributed by atoms with Gasteiger partial charge in [-0.1, -0.05) is 46.3 Å². The maximum Gasteiger partial charge on any atom is 0.338 e. The van der Waals surface area contributed by atoms with Crippen LogP contribution in [0, 0.1) is 12.8 Å². The topological polar surface area (TPSA) is 140 Å². The van der Waals surface area contributed by atoms with E-state index in [1.54, 1.807) is 37.3 Å². The fourth-order valence-corrected chi connectivity index (χ4v) is 5.79. The largest absolute Gasteiger partial charge is 0.467 e. The van der Waals surface area contributed by atoms with Crippen LogP contribution in [0.4, 0.5) is 11.5 Å². The molecule has 3 atom stereocenters. The first-order valence-electron chi connectivity index (χ1n) is 11.5. The lowest BCUT2D eigenvalue weighted by atomic mass is 9.69. The minimum atomic E-state index is -2.72. The summed E-state index contributed by atoms with van der Waals surface area (Å²) in [6.07, 6.45) is 0. The number of halogens is 1. The molecular weight excluding hydrogens is 560 g/mol. The Labute approximate surface area is 224 Å². The van der Waals surface area contributed by atoms with E-state index in [9.17, 15) is 29.1 Å². The van der Waals surface area contributed by atoms with Crippen LogP contribution >= 0.6 is 15.9 Å². The number of carbonyl (C=O) groups is 3. The molecule has 1 aromatic heterocycles. The molecule has 1 saturated heterocycles. The maximum absolute atomic E-state index is 14.2. The van der Waals surface area contributed by atoms with E-state index in [0.29, 0.717) is 10.0 Å². The molecule has 2 aromatic carbocycles. The van der Waals surface area contributed by atoms with Crippen LogP contribution in [0.5, 0.6) is 0 Å². The van der Waals surface area contributed by atoms with Crippen LogP contribution in [0.3, 0.4) is 0 Å². The van der Waals surface area contributed by atoms with Gasteiger partial charge in [-0.3, -0.25) is 28.4 Å². The minimum absolute atomic E-state index is 0.0798. The van der Waals surface area contributed by atoms with Crippen molar-refractivity contribution in [2.24, 2.45) is 20.0 Å². The van der Waals surface area contributed by atoms with Gasteiger partial charge in [-0.05, 0) is 30.7 Å². The van der Waals surface area contributed by atoms with Crippen molar-refractivity contribution < 1.29 is 24.2 Å². The van der Waals surface area contributed by atoms with Gasteiger partial charge in [0.1, 0.15) is 11.7 Å². The number of aromatic nitrogens is 2. The van der Waals surface area contributed by atoms with Crippen LogP contribution in [0.1, 0.15) is 21.5 Å². The number of anilines is 2. The Bertz CT molecular complexity index is 1660. The van der Waals surface area contributed by atoms with Gasteiger partial charge in [0.05, 0.1) is 12.7 Å². The molecule has 0 aliphatic carbocycles. The molecule has 11 nitrogen and oxygen atoms in total. The van der Waals surface area contributed by atoms with Crippen molar-refractivity contribution in [3.63, 3.8) is 0 Å². The van der Waals surface area contributed by atoms with Gasteiger partial charge in [0, 0.05) is 29.8 Å². The summed E-state index contributed by atoms with van der Waals surface area (Å²) in [5.41, 5.74) is -6.46. The first-order chi connectivity index (χ1) is 17.9. The van der Waals surface area contributed by atoms with Crippen LogP contribution in [-0.4, -0.2) is 44.7 Å². The van der Waals surface area contributed by atoms with E-state index in [1.165, 1.54) is 32.3 Å². The highest BCUT2D eigenvalue weighted by Gasteiger charge is 2.78. The van der Waals surface area contributed by atoms with Crippen molar-refractivity contribution >= 4 is 45.1 Å². The first-order valence-corrected chi connectivity index (χ1v) is 12.3. The highest BCUT2D eigenvalue weighted by molar-refractivity contribution is 9.10. The third-order valence-electron chi connectivity index (χ3n) is 7.32. The normalized spacial score (nSPS) is 23.6. The number of nitrogens with one attached hydrogen (secondary N) is 1. The third-order valence-corrected chi connectivity index (χ3v) is 7.84. The summed E-state index contributed by atoms with van der Waals surface area (Å²) in [7, 11) is 3.60. The van der Waals surface area contributed by atoms with E-state index in [1.807, 2.05) is 0 Å². The van der Waals surface area contributed by atoms with Crippen molar-refractivity contribution in [1.29, 1.82) is 0 Å². The second kappa shape index (κ2) is 8.50. The first kappa shape index (κ1) is 25.6. The van der Waals surface area contributed by atoms with Gasteiger partial charge < -0.3 is 15.2 Å². The SMILES string of the molecule is COC(=O)C12c3c(n(C)c(=O)n(C)c3=O)NC(O)(C(=O)N1c1ccccc1C)C2C(=O)c1ccc(Br)cc1. The van der Waals surface area contributed by atoms with E-state index in [4.69, 9.17) is 4.74 Å². The number of amides is 1. The lowest BCUT2D eigenvalue weighted by Gasteiger charge is -2.43. The molecule has 0 saturated carbocycles. The molecule has 12 heteroatoms. The second-order valence-corrected chi connectivity index (χ2v) is 10.2. The molecule has 3 aromatic rings. The van der Waals surface area contributed by atoms with E-state index in [-0.39, 0.29) is 22.6 Å². The molecule has 2 aliphatic rings. The summed E-state index contributed by atoms with van der Waals surface area (Å²) in [5.74, 6) is -5.11. The number of hydrogen-bond donors (Lipinski definition) is 2. The predicted molar refractivity (Wildman–Crippen MR) is 140 cm³/mol. The summed E-state index contributed by atoms with van der Waals surface area (Å²) in [6.45, 7) is 1.68. The van der Waals surface area contributed by atoms with Gasteiger partial charge in [0.2, 0.25) is 5.72 Å². The smallest absolute Gasteiger partial charge is 0.338 e. The van der Waals surface area contributed by atoms with Crippen molar-refractivity contribution in [2.45, 2.75) is 18.2 Å². The quantitative estimate of drug-likeness (QED) is 0.345. The molecule has 3 heterocycles. The highest BCUT2D eigenvalue weighted by atomic mass is 79.9. The van der Waals surface area contributed by atoms with E-state index in [2.05, 4.69) is 21.2 Å². The fourth-order valence-electron chi connectivity index (χ4n) is 5.52. The van der Waals surface area contributed by atoms with Crippen molar-refractivity contribution in [1.82, 2.24) is 9.13 Å². The number of aliphatic hydroxyl groups is 1. The number of aryl methyl sites for hydroxylation is 1. The Kier molecular flexibility index (Phi) is 5.73. The second-order valence-electron chi connectivity index (χ2n) is 9.31. The summed E-state index contributed by atoms with van der Waals surface area (Å²) in [6, 6.07) is 12.7. The van der Waals surface area contributed by atoms with Gasteiger partial charge in [-0.15, -0.1) is 0 Å². The zero-order valence-electron chi connectivity index (χ0n) is 20.8. The average Bonchev–Trinajstić information content (AvgIpc) is 3.04. The Morgan fingerprint density at radius 3 is 2.26 bits per heavy atom. The number of carbonyl (C=O) groups excluding carboxylic acids is 3. The minimum Gasteiger partial charge on any atom is -0.467 e. The highest BCUT2D eigenvalue weighted by Crippen LogP contribution is 2.57. The number of esters is 1. The third kappa shape index (κ3) is 3.07. The van der Waals surface area contributed by atoms with Gasteiger partial charge in [-0.25, -0.2) is 9.59 Å². The Hall–Kier alpha value is -4.03. The molecule has 2 aliphatic heterocycles. The number of ether oxygens (including phenoxy) is 1. The summed E-state index contributed by atoms with van der Waals surface area (Å²) in [4.78, 5) is 70.0.